The number of fused-ring (bicyclic) bond motifs is 3. The molecule has 27 heavy (non-hydrogen) atoms. The van der Waals surface area contributed by atoms with E-state index in [1.165, 1.54) is 0 Å². The molecule has 3 aliphatic carbocycles. The third kappa shape index (κ3) is 3.76. The van der Waals surface area contributed by atoms with Crippen LogP contribution in [0.25, 0.3) is 0 Å². The fourth-order valence-corrected chi connectivity index (χ4v) is 7.24. The fourth-order valence-electron chi connectivity index (χ4n) is 7.24. The van der Waals surface area contributed by atoms with E-state index in [0.717, 1.165) is 32.1 Å². The lowest BCUT2D eigenvalue weighted by molar-refractivity contribution is -0.180. The monoisotopic (exact) mass is 378 g/mol. The second kappa shape index (κ2) is 6.20. The SMILES string of the molecule is CC1(C)CC(NC(=O)C2C3CCC(C)(CC3(C)C)C2C(=O)O)CC(C)(C)N1. The molecule has 4 aliphatic rings. The molecule has 4 atom stereocenters. The summed E-state index contributed by atoms with van der Waals surface area (Å²) in [6.45, 7) is 15.2. The second-order valence-corrected chi connectivity index (χ2v) is 11.8. The molecule has 1 heterocycles. The molecular formula is C22H38N2O3. The molecular weight excluding hydrogens is 340 g/mol. The van der Waals surface area contributed by atoms with Crippen LogP contribution in [0.1, 0.15) is 80.6 Å². The standard InChI is InChI=1S/C22H38N2O3/c1-19(2)12-22(7)9-8-14(19)15(16(22)18(26)27)17(25)23-13-10-20(3,4)24-21(5,6)11-13/h13-16,24H,8-12H2,1-7H3,(H,23,25)(H,26,27). The molecule has 4 fully saturated rings. The molecule has 1 aliphatic heterocycles. The number of amides is 1. The molecule has 3 N–H and O–H groups in total. The maximum absolute atomic E-state index is 13.4. The summed E-state index contributed by atoms with van der Waals surface area (Å²) < 4.78 is 0. The van der Waals surface area contributed by atoms with Gasteiger partial charge in [0.05, 0.1) is 11.8 Å². The number of carboxylic acid groups (broad SMARTS) is 1. The Morgan fingerprint density at radius 3 is 2.04 bits per heavy atom. The van der Waals surface area contributed by atoms with Crippen molar-refractivity contribution < 1.29 is 14.7 Å². The lowest BCUT2D eigenvalue weighted by Crippen LogP contribution is -2.65. The van der Waals surface area contributed by atoms with Crippen LogP contribution in [0, 0.1) is 28.6 Å². The minimum Gasteiger partial charge on any atom is -0.481 e. The van der Waals surface area contributed by atoms with E-state index < -0.39 is 17.8 Å². The van der Waals surface area contributed by atoms with Crippen molar-refractivity contribution in [1.29, 1.82) is 0 Å². The highest BCUT2D eigenvalue weighted by molar-refractivity contribution is 5.86. The molecule has 0 aromatic heterocycles. The number of piperidine rings is 1. The molecule has 3 saturated carbocycles. The average Bonchev–Trinajstić information content (AvgIpc) is 2.40. The van der Waals surface area contributed by atoms with Crippen LogP contribution in [-0.2, 0) is 9.59 Å². The van der Waals surface area contributed by atoms with Crippen molar-refractivity contribution in [3.63, 3.8) is 0 Å². The quantitative estimate of drug-likeness (QED) is 0.701. The van der Waals surface area contributed by atoms with E-state index >= 15 is 0 Å². The first-order valence-corrected chi connectivity index (χ1v) is 10.5. The summed E-state index contributed by atoms with van der Waals surface area (Å²) in [4.78, 5) is 25.6. The number of aliphatic carboxylic acids is 1. The summed E-state index contributed by atoms with van der Waals surface area (Å²) in [5.41, 5.74) is -0.391. The number of carbonyl (C=O) groups is 2. The molecule has 5 heteroatoms. The van der Waals surface area contributed by atoms with Gasteiger partial charge in [0.2, 0.25) is 5.91 Å². The van der Waals surface area contributed by atoms with E-state index in [2.05, 4.69) is 59.1 Å². The van der Waals surface area contributed by atoms with E-state index in [1.807, 2.05) is 0 Å². The molecule has 0 spiro atoms. The lowest BCUT2D eigenvalue weighted by Gasteiger charge is -2.60. The largest absolute Gasteiger partial charge is 0.481 e. The molecule has 2 bridgehead atoms. The highest BCUT2D eigenvalue weighted by atomic mass is 16.4. The first kappa shape index (κ1) is 20.6. The molecule has 5 nitrogen and oxygen atoms in total. The van der Waals surface area contributed by atoms with Crippen LogP contribution in [0.4, 0.5) is 0 Å². The highest BCUT2D eigenvalue weighted by Gasteiger charge is 2.62. The van der Waals surface area contributed by atoms with Crippen LogP contribution in [0.3, 0.4) is 0 Å². The van der Waals surface area contributed by atoms with Gasteiger partial charge < -0.3 is 15.7 Å². The van der Waals surface area contributed by atoms with Crippen LogP contribution >= 0.6 is 0 Å². The summed E-state index contributed by atoms with van der Waals surface area (Å²) in [6.07, 6.45) is 4.47. The van der Waals surface area contributed by atoms with Crippen molar-refractivity contribution >= 4 is 11.9 Å². The summed E-state index contributed by atoms with van der Waals surface area (Å²) in [5, 5.41) is 16.9. The van der Waals surface area contributed by atoms with Gasteiger partial charge in [-0.3, -0.25) is 9.59 Å². The summed E-state index contributed by atoms with van der Waals surface area (Å²) in [6, 6.07) is 0.0783. The molecule has 1 saturated heterocycles. The van der Waals surface area contributed by atoms with Crippen molar-refractivity contribution in [3.8, 4) is 0 Å². The second-order valence-electron chi connectivity index (χ2n) is 11.8. The van der Waals surface area contributed by atoms with E-state index in [-0.39, 0.29) is 39.8 Å². The predicted octanol–water partition coefficient (Wildman–Crippen LogP) is 3.58. The van der Waals surface area contributed by atoms with Gasteiger partial charge in [-0.25, -0.2) is 0 Å². The van der Waals surface area contributed by atoms with Crippen LogP contribution in [0.2, 0.25) is 0 Å². The van der Waals surface area contributed by atoms with Crippen LogP contribution in [-0.4, -0.2) is 34.1 Å². The van der Waals surface area contributed by atoms with Crippen LogP contribution < -0.4 is 10.6 Å². The Bertz CT molecular complexity index is 623. The molecule has 0 aromatic rings. The number of rotatable bonds is 3. The minimum absolute atomic E-state index is 0.00756. The van der Waals surface area contributed by atoms with Gasteiger partial charge in [0.1, 0.15) is 0 Å². The van der Waals surface area contributed by atoms with Gasteiger partial charge in [0.25, 0.3) is 0 Å². The number of nitrogens with one attached hydrogen (secondary N) is 2. The maximum Gasteiger partial charge on any atom is 0.307 e. The highest BCUT2D eigenvalue weighted by Crippen LogP contribution is 2.63. The molecule has 0 radical (unpaired) electrons. The normalized spacial score (nSPS) is 39.7. The van der Waals surface area contributed by atoms with E-state index in [4.69, 9.17) is 0 Å². The van der Waals surface area contributed by atoms with E-state index in [0.29, 0.717) is 0 Å². The van der Waals surface area contributed by atoms with Gasteiger partial charge >= 0.3 is 5.97 Å². The topological polar surface area (TPSA) is 78.4 Å². The number of hydrogen-bond acceptors (Lipinski definition) is 3. The molecule has 0 aromatic carbocycles. The van der Waals surface area contributed by atoms with Crippen molar-refractivity contribution in [2.24, 2.45) is 28.6 Å². The van der Waals surface area contributed by atoms with Gasteiger partial charge in [-0.1, -0.05) is 20.8 Å². The Hall–Kier alpha value is -1.10. The van der Waals surface area contributed by atoms with Crippen molar-refractivity contribution in [2.45, 2.75) is 97.7 Å². The van der Waals surface area contributed by atoms with Gasteiger partial charge in [0, 0.05) is 17.1 Å². The third-order valence-electron chi connectivity index (χ3n) is 7.54. The number of carbonyl (C=O) groups excluding carboxylic acids is 1. The van der Waals surface area contributed by atoms with E-state index in [9.17, 15) is 14.7 Å². The minimum atomic E-state index is -0.802. The smallest absolute Gasteiger partial charge is 0.307 e. The molecule has 1 amide bonds. The van der Waals surface area contributed by atoms with Crippen molar-refractivity contribution in [2.75, 3.05) is 0 Å². The summed E-state index contributed by atoms with van der Waals surface area (Å²) in [5.74, 6) is -1.70. The zero-order chi connectivity index (χ0) is 20.4. The fraction of sp³-hybridized carbons (Fsp3) is 0.909. The molecule has 4 rings (SSSR count). The van der Waals surface area contributed by atoms with Crippen LogP contribution in [0.5, 0.6) is 0 Å². The summed E-state index contributed by atoms with van der Waals surface area (Å²) in [7, 11) is 0. The Morgan fingerprint density at radius 2 is 1.56 bits per heavy atom. The maximum atomic E-state index is 13.4. The van der Waals surface area contributed by atoms with Crippen molar-refractivity contribution in [3.05, 3.63) is 0 Å². The van der Waals surface area contributed by atoms with Crippen molar-refractivity contribution in [1.82, 2.24) is 10.6 Å². The average molecular weight is 379 g/mol. The zero-order valence-corrected chi connectivity index (χ0v) is 18.1. The van der Waals surface area contributed by atoms with Gasteiger partial charge in [-0.2, -0.15) is 0 Å². The predicted molar refractivity (Wildman–Crippen MR) is 106 cm³/mol. The zero-order valence-electron chi connectivity index (χ0n) is 18.1. The van der Waals surface area contributed by atoms with Gasteiger partial charge in [-0.15, -0.1) is 0 Å². The number of carboxylic acids is 1. The van der Waals surface area contributed by atoms with Gasteiger partial charge in [0.15, 0.2) is 0 Å². The lowest BCUT2D eigenvalue weighted by atomic mass is 9.43. The first-order valence-electron chi connectivity index (χ1n) is 10.5. The Kier molecular flexibility index (Phi) is 4.74. The number of hydrogen-bond donors (Lipinski definition) is 3. The van der Waals surface area contributed by atoms with Gasteiger partial charge in [-0.05, 0) is 76.5 Å². The molecule has 154 valence electrons. The molecule has 4 unspecified atom stereocenters. The van der Waals surface area contributed by atoms with Crippen LogP contribution in [0.15, 0.2) is 0 Å². The van der Waals surface area contributed by atoms with E-state index in [1.54, 1.807) is 0 Å². The summed E-state index contributed by atoms with van der Waals surface area (Å²) >= 11 is 0. The first-order chi connectivity index (χ1) is 12.2. The Labute approximate surface area is 164 Å². The Balaban J connectivity index is 1.85. The Morgan fingerprint density at radius 1 is 1.00 bits per heavy atom. The third-order valence-corrected chi connectivity index (χ3v) is 7.54.